The van der Waals surface area contributed by atoms with Gasteiger partial charge >= 0.3 is 6.09 Å². The molecule has 1 unspecified atom stereocenters. The molecule has 2 aromatic rings. The number of sulfonamides is 1. The van der Waals surface area contributed by atoms with Gasteiger partial charge in [0.25, 0.3) is 5.91 Å². The summed E-state index contributed by atoms with van der Waals surface area (Å²) >= 11 is 0. The van der Waals surface area contributed by atoms with E-state index in [1.54, 1.807) is 40.0 Å². The van der Waals surface area contributed by atoms with Crippen molar-refractivity contribution in [1.82, 2.24) is 30.2 Å². The van der Waals surface area contributed by atoms with E-state index in [-0.39, 0.29) is 43.0 Å². The molecular weight excluding hydrogens is 753 g/mol. The van der Waals surface area contributed by atoms with Crippen molar-refractivity contribution in [3.05, 3.63) is 36.0 Å². The Morgan fingerprint density at radius 3 is 2.47 bits per heavy atom. The molecule has 16 heteroatoms. The molecule has 3 fully saturated rings. The third-order valence-corrected chi connectivity index (χ3v) is 13.2. The van der Waals surface area contributed by atoms with E-state index in [4.69, 9.17) is 24.2 Å². The molecule has 3 N–H and O–H groups in total. The highest BCUT2D eigenvalue weighted by atomic mass is 32.2. The summed E-state index contributed by atoms with van der Waals surface area (Å²) in [6.07, 6.45) is 6.14. The van der Waals surface area contributed by atoms with Crippen LogP contribution in [0.3, 0.4) is 0 Å². The molecule has 2 aliphatic heterocycles. The maximum absolute atomic E-state index is 15.0. The molecule has 0 spiro atoms. The number of hydrogen-bond acceptors (Lipinski definition) is 11. The summed E-state index contributed by atoms with van der Waals surface area (Å²) < 4.78 is 45.7. The van der Waals surface area contributed by atoms with Crippen molar-refractivity contribution < 1.29 is 41.8 Å². The van der Waals surface area contributed by atoms with E-state index in [0.717, 1.165) is 6.42 Å². The molecule has 312 valence electrons. The molecule has 57 heavy (non-hydrogen) atoms. The molecule has 2 saturated carbocycles. The molecule has 1 saturated heterocycles. The summed E-state index contributed by atoms with van der Waals surface area (Å²) in [4.78, 5) is 67.9. The summed E-state index contributed by atoms with van der Waals surface area (Å²) in [7, 11) is -2.35. The normalized spacial score (nSPS) is 29.0. The number of carbonyl (C=O) groups excluding carboxylic acids is 4. The van der Waals surface area contributed by atoms with Crippen LogP contribution in [0, 0.1) is 17.8 Å². The number of nitrogens with zero attached hydrogens (tertiary/aromatic N) is 3. The van der Waals surface area contributed by atoms with Crippen molar-refractivity contribution in [2.45, 2.75) is 140 Å². The van der Waals surface area contributed by atoms with Gasteiger partial charge in [-0.25, -0.2) is 23.2 Å². The van der Waals surface area contributed by atoms with Gasteiger partial charge < -0.3 is 29.7 Å². The lowest BCUT2D eigenvalue weighted by atomic mass is 9.85. The second-order valence-electron chi connectivity index (χ2n) is 17.5. The van der Waals surface area contributed by atoms with Gasteiger partial charge in [-0.15, -0.1) is 0 Å². The van der Waals surface area contributed by atoms with Crippen LogP contribution < -0.4 is 24.8 Å². The zero-order chi connectivity index (χ0) is 41.4. The maximum Gasteiger partial charge on any atom is 0.408 e. The van der Waals surface area contributed by atoms with Crippen LogP contribution in [-0.2, 0) is 29.1 Å². The molecule has 0 radical (unpaired) electrons. The minimum Gasteiger partial charge on any atom is -0.497 e. The molecule has 15 nitrogen and oxygen atoms in total. The monoisotopic (exact) mass is 810 g/mol. The van der Waals surface area contributed by atoms with Crippen LogP contribution in [0.5, 0.6) is 11.6 Å². The van der Waals surface area contributed by atoms with Crippen LogP contribution in [0.4, 0.5) is 4.79 Å². The lowest BCUT2D eigenvalue weighted by Crippen LogP contribution is -2.59. The van der Waals surface area contributed by atoms with Gasteiger partial charge in [0, 0.05) is 24.3 Å². The summed E-state index contributed by atoms with van der Waals surface area (Å²) in [5.41, 5.74) is -0.568. The third-order valence-electron chi connectivity index (χ3n) is 11.3. The average molecular weight is 811 g/mol. The van der Waals surface area contributed by atoms with Gasteiger partial charge in [-0.2, -0.15) is 0 Å². The van der Waals surface area contributed by atoms with Crippen LogP contribution in [0.25, 0.3) is 11.0 Å². The zero-order valence-corrected chi connectivity index (χ0v) is 35.1. The molecule has 3 heterocycles. The van der Waals surface area contributed by atoms with Crippen LogP contribution in [0.1, 0.15) is 111 Å². The van der Waals surface area contributed by atoms with Crippen molar-refractivity contribution in [3.63, 3.8) is 0 Å². The first-order valence-electron chi connectivity index (χ1n) is 20.2. The fourth-order valence-corrected chi connectivity index (χ4v) is 9.29. The predicted octanol–water partition coefficient (Wildman–Crippen LogP) is 4.89. The Labute approximate surface area is 335 Å². The molecule has 1 aromatic heterocycles. The van der Waals surface area contributed by atoms with E-state index in [0.29, 0.717) is 54.6 Å². The number of methoxy groups -OCH3 is 1. The number of nitrogens with one attached hydrogen (secondary N) is 3. The Balaban J connectivity index is 1.38. The largest absolute Gasteiger partial charge is 0.497 e. The minimum absolute atomic E-state index is 0.0257. The van der Waals surface area contributed by atoms with Crippen LogP contribution in [0.15, 0.2) is 30.4 Å². The number of carbonyl (C=O) groups is 4. The summed E-state index contributed by atoms with van der Waals surface area (Å²) in [6, 6.07) is 3.18. The minimum atomic E-state index is -3.91. The number of aromatic nitrogens is 2. The van der Waals surface area contributed by atoms with Crippen molar-refractivity contribution >= 4 is 44.9 Å². The third kappa shape index (κ3) is 9.64. The first-order chi connectivity index (χ1) is 26.8. The van der Waals surface area contributed by atoms with Crippen LogP contribution in [-0.4, -0.2) is 95.3 Å². The average Bonchev–Trinajstić information content (AvgIpc) is 4.06. The van der Waals surface area contributed by atoms with Crippen LogP contribution >= 0.6 is 0 Å². The van der Waals surface area contributed by atoms with Gasteiger partial charge in [0.05, 0.1) is 29.9 Å². The van der Waals surface area contributed by atoms with Gasteiger partial charge in [-0.1, -0.05) is 46.3 Å². The van der Waals surface area contributed by atoms with Gasteiger partial charge in [-0.3, -0.25) is 19.1 Å². The van der Waals surface area contributed by atoms with E-state index < -0.39 is 74.3 Å². The van der Waals surface area contributed by atoms with Crippen molar-refractivity contribution in [3.8, 4) is 11.6 Å². The van der Waals surface area contributed by atoms with Gasteiger partial charge in [-0.05, 0) is 83.3 Å². The highest BCUT2D eigenvalue weighted by Crippen LogP contribution is 2.46. The fraction of sp³-hybridized carbons (Fsp3) is 0.659. The first kappa shape index (κ1) is 42.1. The number of rotatable bonds is 9. The first-order valence-corrected chi connectivity index (χ1v) is 21.8. The summed E-state index contributed by atoms with van der Waals surface area (Å²) in [6.45, 7) is 13.2. The zero-order valence-electron chi connectivity index (χ0n) is 34.3. The van der Waals surface area contributed by atoms with E-state index in [1.165, 1.54) is 4.90 Å². The lowest BCUT2D eigenvalue weighted by molar-refractivity contribution is -0.142. The summed E-state index contributed by atoms with van der Waals surface area (Å²) in [5.74, 6) is -1.75. The topological polar surface area (TPSA) is 195 Å². The quantitative estimate of drug-likeness (QED) is 0.292. The number of ether oxygens (including phenoxy) is 3. The smallest absolute Gasteiger partial charge is 0.408 e. The standard InChI is InChI=1S/C41H58N6O9S/c1-9-25-18-24(4)12-10-11-13-26-21-41(26,38(50)46-57(52,53)29-15-16-29)45-35(48)32-20-28(22-47(32)37(49)34(25)44-39(51)56-40(5,6)7)55-36-33(23(2)3)42-30-17-14-27(54-8)19-31(30)43-36/h11,13-14,17,19,23-26,28-29,32,34H,9-10,12,15-16,18,20-22H2,1-8H3,(H,44,51)(H,45,48)(H,46,50)/b13-11-/t24-,25-,26?,28-,32+,34+,41-/m1/s1. The Hall–Kier alpha value is -4.47. The summed E-state index contributed by atoms with van der Waals surface area (Å²) in [5, 5.41) is 5.14. The second kappa shape index (κ2) is 16.4. The van der Waals surface area contributed by atoms with Crippen molar-refractivity contribution in [1.29, 1.82) is 0 Å². The molecule has 7 atom stereocenters. The highest BCUT2D eigenvalue weighted by molar-refractivity contribution is 7.91. The molecule has 1 aromatic carbocycles. The van der Waals surface area contributed by atoms with E-state index in [9.17, 15) is 27.6 Å². The molecule has 4 amide bonds. The Kier molecular flexibility index (Phi) is 12.1. The van der Waals surface area contributed by atoms with Gasteiger partial charge in [0.2, 0.25) is 27.7 Å². The van der Waals surface area contributed by atoms with E-state index >= 15 is 0 Å². The molecular formula is C41H58N6O9S. The second-order valence-corrected chi connectivity index (χ2v) is 19.5. The maximum atomic E-state index is 15.0. The fourth-order valence-electron chi connectivity index (χ4n) is 7.93. The Morgan fingerprint density at radius 1 is 1.09 bits per heavy atom. The van der Waals surface area contributed by atoms with Crippen LogP contribution in [0.2, 0.25) is 0 Å². The Morgan fingerprint density at radius 2 is 1.82 bits per heavy atom. The Bertz CT molecular complexity index is 2010. The molecule has 4 aliphatic rings. The van der Waals surface area contributed by atoms with Gasteiger partial charge in [0.15, 0.2) is 0 Å². The number of amides is 4. The SMILES string of the molecule is CC[C@@H]1C[C@H](C)CC/C=C\C2C[C@@]2(C(=O)NS(=O)(=O)C2CC2)NC(=O)[C@@H]2C[C@@H](Oc3nc4cc(OC)ccc4nc3C(C)C)CN2C(=O)[C@H]1NC(=O)OC(C)(C)C. The van der Waals surface area contributed by atoms with E-state index in [2.05, 4.69) is 22.3 Å². The molecule has 2 aliphatic carbocycles. The molecule has 6 rings (SSSR count). The number of benzene rings is 1. The van der Waals surface area contributed by atoms with Crippen molar-refractivity contribution in [2.24, 2.45) is 17.8 Å². The number of allylic oxidation sites excluding steroid dienone is 1. The molecule has 0 bridgehead atoms. The number of alkyl carbamates (subject to hydrolysis) is 1. The predicted molar refractivity (Wildman–Crippen MR) is 213 cm³/mol. The highest BCUT2D eigenvalue weighted by Gasteiger charge is 2.62. The van der Waals surface area contributed by atoms with Crippen molar-refractivity contribution in [2.75, 3.05) is 13.7 Å². The van der Waals surface area contributed by atoms with E-state index in [1.807, 2.05) is 39.0 Å². The van der Waals surface area contributed by atoms with Gasteiger partial charge in [0.1, 0.15) is 40.8 Å². The number of fused-ring (bicyclic) bond motifs is 3. The lowest BCUT2D eigenvalue weighted by Gasteiger charge is -2.34. The number of hydrogen-bond donors (Lipinski definition) is 3.